The molecule has 0 atom stereocenters. The molecule has 2 aromatic rings. The van der Waals surface area contributed by atoms with Crippen LogP contribution in [0.4, 0.5) is 5.69 Å². The molecule has 0 unspecified atom stereocenters. The Morgan fingerprint density at radius 1 is 1.41 bits per heavy atom. The summed E-state index contributed by atoms with van der Waals surface area (Å²) in [6.07, 6.45) is 6.14. The highest BCUT2D eigenvalue weighted by Crippen LogP contribution is 2.40. The zero-order valence-corrected chi connectivity index (χ0v) is 16.4. The molecule has 0 spiro atoms. The van der Waals surface area contributed by atoms with Gasteiger partial charge in [0.15, 0.2) is 5.16 Å². The number of allylic oxidation sites excluding steroid dienone is 1. The van der Waals surface area contributed by atoms with Crippen molar-refractivity contribution in [3.63, 3.8) is 0 Å². The van der Waals surface area contributed by atoms with Crippen molar-refractivity contribution in [1.82, 2.24) is 14.8 Å². The lowest BCUT2D eigenvalue weighted by Crippen LogP contribution is -2.36. The van der Waals surface area contributed by atoms with Crippen molar-refractivity contribution >= 4 is 23.4 Å². The molecule has 2 aliphatic rings. The standard InChI is InChI=1S/C20H24N4O2S/c1-3-10-24-19(14-6-7-14)21-22-20(24)27-13-18(25)23-11-4-5-15-12-16(26-2)8-9-17(15)23/h3,8-9,12,14H,1,4-7,10-11,13H2,2H3. The fraction of sp³-hybridized carbons (Fsp3) is 0.450. The van der Waals surface area contributed by atoms with Crippen LogP contribution in [-0.4, -0.2) is 40.1 Å². The molecule has 0 radical (unpaired) electrons. The van der Waals surface area contributed by atoms with E-state index in [-0.39, 0.29) is 5.91 Å². The van der Waals surface area contributed by atoms with Crippen molar-refractivity contribution in [3.8, 4) is 5.75 Å². The third-order valence-corrected chi connectivity index (χ3v) is 5.98. The number of benzene rings is 1. The summed E-state index contributed by atoms with van der Waals surface area (Å²) in [6, 6.07) is 5.94. The second-order valence-corrected chi connectivity index (χ2v) is 7.89. The first-order valence-electron chi connectivity index (χ1n) is 9.35. The SMILES string of the molecule is C=CCn1c(SCC(=O)N2CCCc3cc(OC)ccc32)nnc1C1CC1. The number of nitrogens with zero attached hydrogens (tertiary/aromatic N) is 4. The predicted molar refractivity (Wildman–Crippen MR) is 107 cm³/mol. The fourth-order valence-electron chi connectivity index (χ4n) is 3.51. The monoisotopic (exact) mass is 384 g/mol. The number of anilines is 1. The highest BCUT2D eigenvalue weighted by molar-refractivity contribution is 7.99. The number of fused-ring (bicyclic) bond motifs is 1. The van der Waals surface area contributed by atoms with Crippen LogP contribution in [0, 0.1) is 0 Å². The van der Waals surface area contributed by atoms with Gasteiger partial charge >= 0.3 is 0 Å². The molecule has 1 aromatic carbocycles. The van der Waals surface area contributed by atoms with Gasteiger partial charge in [0.1, 0.15) is 11.6 Å². The first-order valence-corrected chi connectivity index (χ1v) is 10.3. The number of hydrogen-bond donors (Lipinski definition) is 0. The van der Waals surface area contributed by atoms with Crippen LogP contribution in [-0.2, 0) is 17.8 Å². The van der Waals surface area contributed by atoms with Crippen molar-refractivity contribution in [1.29, 1.82) is 0 Å². The molecule has 0 bridgehead atoms. The lowest BCUT2D eigenvalue weighted by molar-refractivity contribution is -0.116. The maximum atomic E-state index is 12.9. The second kappa shape index (κ2) is 7.76. The Hall–Kier alpha value is -2.28. The van der Waals surface area contributed by atoms with E-state index in [2.05, 4.69) is 21.3 Å². The number of carbonyl (C=O) groups excluding carboxylic acids is 1. The highest BCUT2D eigenvalue weighted by atomic mass is 32.2. The molecular weight excluding hydrogens is 360 g/mol. The normalized spacial score (nSPS) is 16.1. The number of methoxy groups -OCH3 is 1. The summed E-state index contributed by atoms with van der Waals surface area (Å²) in [5.74, 6) is 2.84. The first-order chi connectivity index (χ1) is 13.2. The van der Waals surface area contributed by atoms with Crippen molar-refractivity contribution in [2.24, 2.45) is 0 Å². The number of ether oxygens (including phenoxy) is 1. The second-order valence-electron chi connectivity index (χ2n) is 6.95. The molecule has 1 saturated carbocycles. The van der Waals surface area contributed by atoms with E-state index in [1.807, 2.05) is 29.2 Å². The van der Waals surface area contributed by atoms with Gasteiger partial charge in [0, 0.05) is 24.7 Å². The van der Waals surface area contributed by atoms with Gasteiger partial charge < -0.3 is 14.2 Å². The highest BCUT2D eigenvalue weighted by Gasteiger charge is 2.30. The Bertz CT molecular complexity index is 860. The zero-order chi connectivity index (χ0) is 18.8. The maximum absolute atomic E-state index is 12.9. The summed E-state index contributed by atoms with van der Waals surface area (Å²) in [5, 5.41) is 9.47. The molecule has 1 fully saturated rings. The molecule has 7 heteroatoms. The van der Waals surface area contributed by atoms with Gasteiger partial charge in [-0.3, -0.25) is 4.79 Å². The summed E-state index contributed by atoms with van der Waals surface area (Å²) < 4.78 is 7.41. The average molecular weight is 385 g/mol. The number of thioether (sulfide) groups is 1. The molecular formula is C20H24N4O2S. The number of hydrogen-bond acceptors (Lipinski definition) is 5. The molecule has 1 aliphatic heterocycles. The van der Waals surface area contributed by atoms with Gasteiger partial charge in [0.05, 0.1) is 12.9 Å². The Balaban J connectivity index is 1.47. The number of amides is 1. The van der Waals surface area contributed by atoms with E-state index in [9.17, 15) is 4.79 Å². The first kappa shape index (κ1) is 18.1. The molecule has 1 amide bonds. The van der Waals surface area contributed by atoms with Gasteiger partial charge in [-0.2, -0.15) is 0 Å². The van der Waals surface area contributed by atoms with Crippen LogP contribution < -0.4 is 9.64 Å². The van der Waals surface area contributed by atoms with E-state index >= 15 is 0 Å². The van der Waals surface area contributed by atoms with E-state index in [0.29, 0.717) is 18.2 Å². The topological polar surface area (TPSA) is 60.2 Å². The number of carbonyl (C=O) groups is 1. The molecule has 1 aliphatic carbocycles. The molecule has 1 aromatic heterocycles. The largest absolute Gasteiger partial charge is 0.497 e. The van der Waals surface area contributed by atoms with E-state index < -0.39 is 0 Å². The van der Waals surface area contributed by atoms with Crippen molar-refractivity contribution < 1.29 is 9.53 Å². The van der Waals surface area contributed by atoms with Crippen molar-refractivity contribution in [2.45, 2.75) is 43.3 Å². The third kappa shape index (κ3) is 3.74. The van der Waals surface area contributed by atoms with Gasteiger partial charge in [-0.25, -0.2) is 0 Å². The van der Waals surface area contributed by atoms with Gasteiger partial charge in [-0.15, -0.1) is 16.8 Å². The van der Waals surface area contributed by atoms with Gasteiger partial charge in [-0.05, 0) is 49.4 Å². The lowest BCUT2D eigenvalue weighted by Gasteiger charge is -2.29. The Kier molecular flexibility index (Phi) is 5.20. The molecule has 0 saturated heterocycles. The van der Waals surface area contributed by atoms with Crippen LogP contribution >= 0.6 is 11.8 Å². The van der Waals surface area contributed by atoms with Crippen molar-refractivity contribution in [3.05, 3.63) is 42.2 Å². The van der Waals surface area contributed by atoms with Crippen LogP contribution in [0.25, 0.3) is 0 Å². The Labute approximate surface area is 163 Å². The number of aryl methyl sites for hydroxylation is 1. The minimum absolute atomic E-state index is 0.104. The zero-order valence-electron chi connectivity index (χ0n) is 15.6. The van der Waals surface area contributed by atoms with Gasteiger partial charge in [-0.1, -0.05) is 17.8 Å². The molecule has 27 heavy (non-hydrogen) atoms. The smallest absolute Gasteiger partial charge is 0.237 e. The molecule has 2 heterocycles. The van der Waals surface area contributed by atoms with Gasteiger partial charge in [0.2, 0.25) is 5.91 Å². The molecule has 6 nitrogen and oxygen atoms in total. The van der Waals surface area contributed by atoms with Crippen LogP contribution in [0.1, 0.15) is 36.6 Å². The summed E-state index contributed by atoms with van der Waals surface area (Å²) in [5.41, 5.74) is 2.17. The van der Waals surface area contributed by atoms with E-state index in [4.69, 9.17) is 4.74 Å². The van der Waals surface area contributed by atoms with Crippen LogP contribution in [0.15, 0.2) is 36.0 Å². The Morgan fingerprint density at radius 3 is 3.00 bits per heavy atom. The van der Waals surface area contributed by atoms with Crippen LogP contribution in [0.3, 0.4) is 0 Å². The summed E-state index contributed by atoms with van der Waals surface area (Å²) in [7, 11) is 1.67. The minimum atomic E-state index is 0.104. The number of aromatic nitrogens is 3. The third-order valence-electron chi connectivity index (χ3n) is 5.03. The minimum Gasteiger partial charge on any atom is -0.497 e. The average Bonchev–Trinajstić information content (AvgIpc) is 3.47. The van der Waals surface area contributed by atoms with Crippen LogP contribution in [0.2, 0.25) is 0 Å². The van der Waals surface area contributed by atoms with E-state index in [1.165, 1.54) is 30.2 Å². The maximum Gasteiger partial charge on any atom is 0.237 e. The molecule has 142 valence electrons. The molecule has 4 rings (SSSR count). The lowest BCUT2D eigenvalue weighted by atomic mass is 10.0. The van der Waals surface area contributed by atoms with Gasteiger partial charge in [0.25, 0.3) is 0 Å². The fourth-order valence-corrected chi connectivity index (χ4v) is 4.35. The predicted octanol–water partition coefficient (Wildman–Crippen LogP) is 3.42. The summed E-state index contributed by atoms with van der Waals surface area (Å²) in [6.45, 7) is 5.27. The van der Waals surface area contributed by atoms with E-state index in [1.54, 1.807) is 7.11 Å². The summed E-state index contributed by atoms with van der Waals surface area (Å²) >= 11 is 1.46. The van der Waals surface area contributed by atoms with Crippen LogP contribution in [0.5, 0.6) is 5.75 Å². The molecule has 0 N–H and O–H groups in total. The van der Waals surface area contributed by atoms with Crippen molar-refractivity contribution in [2.75, 3.05) is 24.3 Å². The number of rotatable bonds is 7. The summed E-state index contributed by atoms with van der Waals surface area (Å²) in [4.78, 5) is 14.8. The van der Waals surface area contributed by atoms with E-state index in [0.717, 1.165) is 41.8 Å². The Morgan fingerprint density at radius 2 is 2.26 bits per heavy atom. The quantitative estimate of drug-likeness (QED) is 0.541.